The van der Waals surface area contributed by atoms with Gasteiger partial charge >= 0.3 is 0 Å². The van der Waals surface area contributed by atoms with Gasteiger partial charge in [-0.15, -0.1) is 0 Å². The van der Waals surface area contributed by atoms with Crippen molar-refractivity contribution in [3.63, 3.8) is 0 Å². The van der Waals surface area contributed by atoms with E-state index in [4.69, 9.17) is 0 Å². The first kappa shape index (κ1) is 9.40. The molecular weight excluding hydrogens is 247 g/mol. The molecule has 2 rings (SSSR count). The molecule has 0 atom stereocenters. The summed E-state index contributed by atoms with van der Waals surface area (Å²) in [4.78, 5) is 0. The van der Waals surface area contributed by atoms with Gasteiger partial charge in [-0.2, -0.15) is 5.10 Å². The highest BCUT2D eigenvalue weighted by Crippen LogP contribution is 2.18. The number of benzene rings is 1. The molecule has 0 N–H and O–H groups in total. The first-order chi connectivity index (χ1) is 6.75. The molecule has 0 radical (unpaired) electrons. The molecule has 4 heteroatoms. The van der Waals surface area contributed by atoms with Crippen LogP contribution in [0.1, 0.15) is 5.56 Å². The first-order valence-corrected chi connectivity index (χ1v) is 4.96. The van der Waals surface area contributed by atoms with Crippen molar-refractivity contribution < 1.29 is 4.39 Å². The maximum absolute atomic E-state index is 12.8. The predicted molar refractivity (Wildman–Crippen MR) is 55.4 cm³/mol. The van der Waals surface area contributed by atoms with Gasteiger partial charge in [0.15, 0.2) is 0 Å². The second-order valence-electron chi connectivity index (χ2n) is 2.94. The van der Waals surface area contributed by atoms with Gasteiger partial charge < -0.3 is 0 Å². The minimum absolute atomic E-state index is 0.235. The van der Waals surface area contributed by atoms with Gasteiger partial charge in [-0.3, -0.25) is 4.68 Å². The molecular formula is C10H8BrFN2. The summed E-state index contributed by atoms with van der Waals surface area (Å²) >= 11 is 3.31. The maximum Gasteiger partial charge on any atom is 0.124 e. The fourth-order valence-corrected chi connectivity index (χ4v) is 1.69. The minimum atomic E-state index is -0.235. The smallest absolute Gasteiger partial charge is 0.124 e. The normalized spacial score (nSPS) is 10.4. The van der Waals surface area contributed by atoms with Crippen molar-refractivity contribution in [2.75, 3.05) is 0 Å². The van der Waals surface area contributed by atoms with E-state index >= 15 is 0 Å². The molecule has 1 heterocycles. The lowest BCUT2D eigenvalue weighted by Gasteiger charge is -2.04. The van der Waals surface area contributed by atoms with Crippen LogP contribution >= 0.6 is 15.9 Å². The van der Waals surface area contributed by atoms with Crippen LogP contribution in [0.4, 0.5) is 4.39 Å². The molecule has 0 saturated carbocycles. The Labute approximate surface area is 89.5 Å². The fraction of sp³-hybridized carbons (Fsp3) is 0.100. The molecule has 0 saturated heterocycles. The van der Waals surface area contributed by atoms with E-state index in [1.54, 1.807) is 16.9 Å². The second-order valence-corrected chi connectivity index (χ2v) is 3.79. The summed E-state index contributed by atoms with van der Waals surface area (Å²) in [6.07, 6.45) is 3.59. The van der Waals surface area contributed by atoms with Crippen molar-refractivity contribution in [1.82, 2.24) is 9.78 Å². The zero-order valence-electron chi connectivity index (χ0n) is 7.32. The van der Waals surface area contributed by atoms with Gasteiger partial charge in [-0.1, -0.05) is 22.0 Å². The van der Waals surface area contributed by atoms with Crippen LogP contribution in [0.3, 0.4) is 0 Å². The molecule has 72 valence electrons. The Morgan fingerprint density at radius 2 is 2.29 bits per heavy atom. The predicted octanol–water partition coefficient (Wildman–Crippen LogP) is 2.83. The molecule has 0 spiro atoms. The molecule has 0 amide bonds. The van der Waals surface area contributed by atoms with Crippen molar-refractivity contribution in [2.45, 2.75) is 6.54 Å². The fourth-order valence-electron chi connectivity index (χ4n) is 1.22. The van der Waals surface area contributed by atoms with Crippen LogP contribution in [0.15, 0.2) is 41.1 Å². The van der Waals surface area contributed by atoms with Crippen LogP contribution in [0.2, 0.25) is 0 Å². The summed E-state index contributed by atoms with van der Waals surface area (Å²) in [7, 11) is 0. The Kier molecular flexibility index (Phi) is 2.63. The highest BCUT2D eigenvalue weighted by Gasteiger charge is 2.01. The molecule has 2 aromatic rings. The third-order valence-electron chi connectivity index (χ3n) is 1.91. The van der Waals surface area contributed by atoms with E-state index in [1.165, 1.54) is 12.1 Å². The van der Waals surface area contributed by atoms with E-state index in [0.717, 1.165) is 10.0 Å². The lowest BCUT2D eigenvalue weighted by Crippen LogP contribution is -2.00. The van der Waals surface area contributed by atoms with Crippen LogP contribution < -0.4 is 0 Å². The third kappa shape index (κ3) is 2.01. The Morgan fingerprint density at radius 3 is 2.93 bits per heavy atom. The average Bonchev–Trinajstić information content (AvgIpc) is 2.62. The molecule has 0 aliphatic heterocycles. The van der Waals surface area contributed by atoms with Crippen molar-refractivity contribution in [2.24, 2.45) is 0 Å². The number of rotatable bonds is 2. The van der Waals surface area contributed by atoms with Crippen LogP contribution in [0, 0.1) is 5.82 Å². The number of nitrogens with zero attached hydrogens (tertiary/aromatic N) is 2. The SMILES string of the molecule is Fc1ccc(Cn2cccn2)c(Br)c1. The van der Waals surface area contributed by atoms with E-state index < -0.39 is 0 Å². The number of halogens is 2. The van der Waals surface area contributed by atoms with Crippen LogP contribution in [0.5, 0.6) is 0 Å². The maximum atomic E-state index is 12.8. The van der Waals surface area contributed by atoms with Gasteiger partial charge in [0, 0.05) is 16.9 Å². The first-order valence-electron chi connectivity index (χ1n) is 4.17. The number of aromatic nitrogens is 2. The zero-order chi connectivity index (χ0) is 9.97. The van der Waals surface area contributed by atoms with E-state index in [2.05, 4.69) is 21.0 Å². The van der Waals surface area contributed by atoms with Gasteiger partial charge in [0.25, 0.3) is 0 Å². The van der Waals surface area contributed by atoms with Crippen molar-refractivity contribution in [3.8, 4) is 0 Å². The van der Waals surface area contributed by atoms with E-state index in [9.17, 15) is 4.39 Å². The molecule has 0 bridgehead atoms. The second kappa shape index (κ2) is 3.92. The summed E-state index contributed by atoms with van der Waals surface area (Å²) in [6, 6.07) is 6.51. The lowest BCUT2D eigenvalue weighted by molar-refractivity contribution is 0.623. The van der Waals surface area contributed by atoms with E-state index in [1.807, 2.05) is 12.3 Å². The molecule has 14 heavy (non-hydrogen) atoms. The van der Waals surface area contributed by atoms with E-state index in [0.29, 0.717) is 6.54 Å². The average molecular weight is 255 g/mol. The molecule has 1 aromatic carbocycles. The van der Waals surface area contributed by atoms with Gasteiger partial charge in [-0.25, -0.2) is 4.39 Å². The summed E-state index contributed by atoms with van der Waals surface area (Å²) in [5.74, 6) is -0.235. The highest BCUT2D eigenvalue weighted by molar-refractivity contribution is 9.10. The topological polar surface area (TPSA) is 17.8 Å². The Bertz CT molecular complexity index is 426. The third-order valence-corrected chi connectivity index (χ3v) is 2.64. The number of hydrogen-bond acceptors (Lipinski definition) is 1. The monoisotopic (exact) mass is 254 g/mol. The number of hydrogen-bond donors (Lipinski definition) is 0. The largest absolute Gasteiger partial charge is 0.268 e. The molecule has 0 fully saturated rings. The minimum Gasteiger partial charge on any atom is -0.268 e. The van der Waals surface area contributed by atoms with Crippen LogP contribution in [-0.2, 0) is 6.54 Å². The summed E-state index contributed by atoms with van der Waals surface area (Å²) in [5, 5.41) is 4.08. The van der Waals surface area contributed by atoms with Crippen LogP contribution in [-0.4, -0.2) is 9.78 Å². The summed E-state index contributed by atoms with van der Waals surface area (Å²) < 4.78 is 15.3. The summed E-state index contributed by atoms with van der Waals surface area (Å²) in [6.45, 7) is 0.647. The van der Waals surface area contributed by atoms with Crippen molar-refractivity contribution in [1.29, 1.82) is 0 Å². The lowest BCUT2D eigenvalue weighted by atomic mass is 10.2. The van der Waals surface area contributed by atoms with Gasteiger partial charge in [-0.05, 0) is 23.8 Å². The summed E-state index contributed by atoms with van der Waals surface area (Å²) in [5.41, 5.74) is 1.01. The molecule has 2 nitrogen and oxygen atoms in total. The van der Waals surface area contributed by atoms with Gasteiger partial charge in [0.2, 0.25) is 0 Å². The van der Waals surface area contributed by atoms with Gasteiger partial charge in [0.05, 0.1) is 6.54 Å². The Hall–Kier alpha value is -1.16. The molecule has 1 aromatic heterocycles. The van der Waals surface area contributed by atoms with E-state index in [-0.39, 0.29) is 5.82 Å². The highest BCUT2D eigenvalue weighted by atomic mass is 79.9. The molecule has 0 aliphatic rings. The molecule has 0 aliphatic carbocycles. The van der Waals surface area contributed by atoms with Crippen LogP contribution in [0.25, 0.3) is 0 Å². The Balaban J connectivity index is 2.25. The Morgan fingerprint density at radius 1 is 1.43 bits per heavy atom. The van der Waals surface area contributed by atoms with Crippen molar-refractivity contribution in [3.05, 3.63) is 52.5 Å². The van der Waals surface area contributed by atoms with Gasteiger partial charge in [0.1, 0.15) is 5.82 Å². The van der Waals surface area contributed by atoms with Crippen molar-refractivity contribution >= 4 is 15.9 Å². The zero-order valence-corrected chi connectivity index (χ0v) is 8.91. The quantitative estimate of drug-likeness (QED) is 0.806. The standard InChI is InChI=1S/C10H8BrFN2/c11-10-6-9(12)3-2-8(10)7-14-5-1-4-13-14/h1-6H,7H2. The molecule has 0 unspecified atom stereocenters.